The Labute approximate surface area is 220 Å². The Kier molecular flexibility index (Phi) is 5.83. The van der Waals surface area contributed by atoms with E-state index in [0.717, 1.165) is 22.3 Å². The molecule has 0 bridgehead atoms. The maximum absolute atomic E-state index is 14.3. The molecule has 1 fully saturated rings. The highest BCUT2D eigenvalue weighted by Crippen LogP contribution is 2.49. The summed E-state index contributed by atoms with van der Waals surface area (Å²) in [4.78, 5) is 2.70. The summed E-state index contributed by atoms with van der Waals surface area (Å²) >= 11 is 0. The molecule has 0 spiro atoms. The van der Waals surface area contributed by atoms with Crippen molar-refractivity contribution in [3.63, 3.8) is 0 Å². The van der Waals surface area contributed by atoms with Crippen LogP contribution in [0.25, 0.3) is 11.1 Å². The van der Waals surface area contributed by atoms with Gasteiger partial charge >= 0.3 is 0 Å². The van der Waals surface area contributed by atoms with Crippen molar-refractivity contribution in [3.05, 3.63) is 125 Å². The fourth-order valence-electron chi connectivity index (χ4n) is 5.79. The number of hydrogen-bond donors (Lipinski definition) is 0. The Morgan fingerprint density at radius 3 is 2.05 bits per heavy atom. The zero-order valence-electron chi connectivity index (χ0n) is 21.5. The molecule has 0 radical (unpaired) electrons. The fraction of sp³-hybridized carbons (Fsp3) is 0.250. The molecule has 4 nitrogen and oxygen atoms in total. The highest BCUT2D eigenvalue weighted by atomic mass is 32.2. The molecule has 2 unspecified atom stereocenters. The van der Waals surface area contributed by atoms with Crippen LogP contribution in [0.2, 0.25) is 0 Å². The van der Waals surface area contributed by atoms with Gasteiger partial charge in [-0.2, -0.15) is 4.31 Å². The van der Waals surface area contributed by atoms with Gasteiger partial charge in [0.25, 0.3) is 0 Å². The predicted molar refractivity (Wildman–Crippen MR) is 148 cm³/mol. The topological polar surface area (TPSA) is 40.6 Å². The van der Waals surface area contributed by atoms with Crippen molar-refractivity contribution >= 4 is 10.0 Å². The summed E-state index contributed by atoms with van der Waals surface area (Å²) in [5.41, 5.74) is 6.72. The zero-order valence-corrected chi connectivity index (χ0v) is 22.3. The monoisotopic (exact) mass is 508 g/mol. The number of rotatable bonds is 3. The van der Waals surface area contributed by atoms with Crippen molar-refractivity contribution < 1.29 is 8.42 Å². The van der Waals surface area contributed by atoms with Gasteiger partial charge in [0.2, 0.25) is 10.0 Å². The van der Waals surface area contributed by atoms with Gasteiger partial charge in [-0.05, 0) is 50.9 Å². The third kappa shape index (κ3) is 4.11. The van der Waals surface area contributed by atoms with E-state index in [0.29, 0.717) is 18.0 Å². The van der Waals surface area contributed by atoms with Gasteiger partial charge < -0.3 is 0 Å². The maximum Gasteiger partial charge on any atom is 0.244 e. The van der Waals surface area contributed by atoms with Crippen LogP contribution in [-0.4, -0.2) is 24.2 Å². The third-order valence-electron chi connectivity index (χ3n) is 7.75. The molecular formula is C32H32N2O2S. The van der Waals surface area contributed by atoms with Crippen LogP contribution < -0.4 is 0 Å². The van der Waals surface area contributed by atoms with Crippen molar-refractivity contribution in [1.82, 2.24) is 9.21 Å². The summed E-state index contributed by atoms with van der Waals surface area (Å²) < 4.78 is 30.4. The lowest BCUT2D eigenvalue weighted by molar-refractivity contribution is 0.155. The molecule has 37 heavy (non-hydrogen) atoms. The molecule has 4 aromatic rings. The van der Waals surface area contributed by atoms with Crippen molar-refractivity contribution in [2.75, 3.05) is 6.54 Å². The number of benzene rings is 4. The summed E-state index contributed by atoms with van der Waals surface area (Å²) in [6, 6.07) is 34.4. The Hall–Kier alpha value is -3.25. The molecule has 1 saturated heterocycles. The molecule has 4 aromatic carbocycles. The van der Waals surface area contributed by atoms with Gasteiger partial charge in [-0.25, -0.2) is 8.42 Å². The number of sulfonamides is 1. The number of nitrogens with zero attached hydrogens (tertiary/aromatic N) is 2. The van der Waals surface area contributed by atoms with Gasteiger partial charge in [-0.15, -0.1) is 0 Å². The molecule has 0 aromatic heterocycles. The first-order chi connectivity index (χ1) is 17.7. The molecule has 6 rings (SSSR count). The van der Waals surface area contributed by atoms with Gasteiger partial charge in [0.1, 0.15) is 6.17 Å². The van der Waals surface area contributed by atoms with Crippen LogP contribution >= 0.6 is 0 Å². The van der Waals surface area contributed by atoms with Crippen LogP contribution in [0.4, 0.5) is 0 Å². The second-order valence-electron chi connectivity index (χ2n) is 11.1. The van der Waals surface area contributed by atoms with Gasteiger partial charge in [0, 0.05) is 13.1 Å². The minimum Gasteiger partial charge on any atom is -0.270 e. The molecule has 0 aliphatic carbocycles. The molecule has 2 aliphatic rings. The van der Waals surface area contributed by atoms with Crippen molar-refractivity contribution in [1.29, 1.82) is 0 Å². The Morgan fingerprint density at radius 1 is 0.730 bits per heavy atom. The van der Waals surface area contributed by atoms with E-state index >= 15 is 0 Å². The standard InChI is InChI=1S/C32H32N2O2S/c1-32(2,3)25-17-19-26(20-18-25)37(35,36)34-22-30(23-11-5-4-6-12-23)33-21-24-13-7-8-14-27(24)28-15-9-10-16-29(28)31(33)34/h4-20,30-31H,21-22H2,1-3H3. The SMILES string of the molecule is CC(C)(C)c1ccc(S(=O)(=O)N2CC(c3ccccc3)N3Cc4ccccc4-c4ccccc4C32)cc1. The largest absolute Gasteiger partial charge is 0.270 e. The average molecular weight is 509 g/mol. The van der Waals surface area contributed by atoms with Crippen LogP contribution in [0.1, 0.15) is 55.2 Å². The first kappa shape index (κ1) is 24.1. The molecule has 5 heteroatoms. The van der Waals surface area contributed by atoms with Crippen LogP contribution in [-0.2, 0) is 22.0 Å². The third-order valence-corrected chi connectivity index (χ3v) is 9.58. The summed E-state index contributed by atoms with van der Waals surface area (Å²) in [6.07, 6.45) is -0.402. The second-order valence-corrected chi connectivity index (χ2v) is 13.0. The summed E-state index contributed by atoms with van der Waals surface area (Å²) in [6.45, 7) is 7.48. The highest BCUT2D eigenvalue weighted by Gasteiger charge is 2.48. The minimum atomic E-state index is -3.77. The molecule has 188 valence electrons. The Balaban J connectivity index is 1.52. The average Bonchev–Trinajstić information content (AvgIpc) is 3.22. The first-order valence-electron chi connectivity index (χ1n) is 12.9. The lowest BCUT2D eigenvalue weighted by Gasteiger charge is -2.31. The van der Waals surface area contributed by atoms with Crippen LogP contribution in [0.15, 0.2) is 108 Å². The van der Waals surface area contributed by atoms with Crippen molar-refractivity contribution in [2.45, 2.75) is 49.8 Å². The van der Waals surface area contributed by atoms with Crippen molar-refractivity contribution in [2.24, 2.45) is 0 Å². The lowest BCUT2D eigenvalue weighted by atomic mass is 9.87. The minimum absolute atomic E-state index is 0.0445. The van der Waals surface area contributed by atoms with Crippen LogP contribution in [0, 0.1) is 0 Å². The maximum atomic E-state index is 14.3. The van der Waals surface area contributed by atoms with Gasteiger partial charge in [-0.3, -0.25) is 4.90 Å². The van der Waals surface area contributed by atoms with Crippen LogP contribution in [0.3, 0.4) is 0 Å². The van der Waals surface area contributed by atoms with E-state index < -0.39 is 16.2 Å². The molecule has 2 atom stereocenters. The molecule has 0 N–H and O–H groups in total. The summed E-state index contributed by atoms with van der Waals surface area (Å²) in [5, 5.41) is 0. The lowest BCUT2D eigenvalue weighted by Crippen LogP contribution is -2.35. The van der Waals surface area contributed by atoms with Gasteiger partial charge in [0.15, 0.2) is 0 Å². The number of hydrogen-bond acceptors (Lipinski definition) is 3. The zero-order chi connectivity index (χ0) is 25.8. The van der Waals surface area contributed by atoms with E-state index in [2.05, 4.69) is 74.2 Å². The summed E-state index contributed by atoms with van der Waals surface area (Å²) in [7, 11) is -3.77. The van der Waals surface area contributed by atoms with Gasteiger partial charge in [0.05, 0.1) is 10.9 Å². The van der Waals surface area contributed by atoms with Crippen molar-refractivity contribution in [3.8, 4) is 11.1 Å². The van der Waals surface area contributed by atoms with E-state index in [1.54, 1.807) is 16.4 Å². The predicted octanol–water partition coefficient (Wildman–Crippen LogP) is 6.91. The Bertz CT molecular complexity index is 1540. The Morgan fingerprint density at radius 2 is 1.35 bits per heavy atom. The molecular weight excluding hydrogens is 476 g/mol. The number of fused-ring (bicyclic) bond motifs is 5. The normalized spacial score (nSPS) is 20.1. The van der Waals surface area contributed by atoms with E-state index in [-0.39, 0.29) is 11.5 Å². The molecule has 0 saturated carbocycles. The van der Waals surface area contributed by atoms with E-state index in [9.17, 15) is 8.42 Å². The summed E-state index contributed by atoms with van der Waals surface area (Å²) in [5.74, 6) is 0. The molecule has 2 heterocycles. The molecule has 0 amide bonds. The second kappa shape index (κ2) is 8.95. The van der Waals surface area contributed by atoms with E-state index in [1.165, 1.54) is 11.1 Å². The highest BCUT2D eigenvalue weighted by molar-refractivity contribution is 7.89. The fourth-order valence-corrected chi connectivity index (χ4v) is 7.38. The quantitative estimate of drug-likeness (QED) is 0.302. The van der Waals surface area contributed by atoms with Gasteiger partial charge in [-0.1, -0.05) is 112 Å². The smallest absolute Gasteiger partial charge is 0.244 e. The molecule has 2 aliphatic heterocycles. The van der Waals surface area contributed by atoms with Crippen LogP contribution in [0.5, 0.6) is 0 Å². The van der Waals surface area contributed by atoms with E-state index in [4.69, 9.17) is 0 Å². The first-order valence-corrected chi connectivity index (χ1v) is 14.3. The van der Waals surface area contributed by atoms with E-state index in [1.807, 2.05) is 42.5 Å².